The van der Waals surface area contributed by atoms with Crippen molar-refractivity contribution < 1.29 is 0 Å². The summed E-state index contributed by atoms with van der Waals surface area (Å²) in [4.78, 5) is 0. The normalized spacial score (nSPS) is 22.2. The molecule has 1 atom stereocenters. The fraction of sp³-hybridized carbons (Fsp3) is 0.538. The smallest absolute Gasteiger partial charge is 0.00173 e. The van der Waals surface area contributed by atoms with Crippen LogP contribution in [0.25, 0.3) is 0 Å². The molecule has 1 N–H and O–H groups in total. The number of rotatable bonds is 2. The minimum atomic E-state index is 0.853. The molecular weight excluding hydrogens is 170 g/mol. The Bertz CT molecular complexity index is 270. The minimum absolute atomic E-state index is 0.853. The zero-order chi connectivity index (χ0) is 9.80. The van der Waals surface area contributed by atoms with E-state index < -0.39 is 0 Å². The van der Waals surface area contributed by atoms with Crippen LogP contribution in [0.5, 0.6) is 0 Å². The molecule has 1 aliphatic heterocycles. The molecule has 0 aliphatic carbocycles. The highest BCUT2D eigenvalue weighted by atomic mass is 14.9. The van der Waals surface area contributed by atoms with E-state index in [4.69, 9.17) is 0 Å². The second kappa shape index (κ2) is 4.61. The average Bonchev–Trinajstić information content (AvgIpc) is 2.23. The number of hydrogen-bond acceptors (Lipinski definition) is 1. The molecule has 76 valence electrons. The highest BCUT2D eigenvalue weighted by Gasteiger charge is 2.12. The van der Waals surface area contributed by atoms with Crippen molar-refractivity contribution in [3.05, 3.63) is 35.4 Å². The van der Waals surface area contributed by atoms with Gasteiger partial charge in [-0.3, -0.25) is 0 Å². The fourth-order valence-corrected chi connectivity index (χ4v) is 2.16. The molecule has 1 saturated heterocycles. The van der Waals surface area contributed by atoms with Crippen LogP contribution in [0.1, 0.15) is 24.0 Å². The Labute approximate surface area is 86.5 Å². The van der Waals surface area contributed by atoms with E-state index in [-0.39, 0.29) is 0 Å². The van der Waals surface area contributed by atoms with Gasteiger partial charge in [-0.25, -0.2) is 0 Å². The Kier molecular flexibility index (Phi) is 3.20. The number of piperidine rings is 1. The maximum Gasteiger partial charge on any atom is -0.00173 e. The Balaban J connectivity index is 1.92. The second-order valence-corrected chi connectivity index (χ2v) is 4.40. The maximum absolute atomic E-state index is 3.47. The lowest BCUT2D eigenvalue weighted by Gasteiger charge is -2.22. The first-order chi connectivity index (χ1) is 6.84. The van der Waals surface area contributed by atoms with E-state index in [9.17, 15) is 0 Å². The first-order valence-electron chi connectivity index (χ1n) is 5.61. The number of nitrogens with one attached hydrogen (secondary N) is 1. The van der Waals surface area contributed by atoms with Crippen LogP contribution in [0.3, 0.4) is 0 Å². The third-order valence-corrected chi connectivity index (χ3v) is 3.04. The van der Waals surface area contributed by atoms with E-state index in [1.165, 1.54) is 43.5 Å². The average molecular weight is 189 g/mol. The standard InChI is InChI=1S/C13H19N/c1-11-4-6-12(7-5-11)9-13-3-2-8-14-10-13/h4-7,13-14H,2-3,8-10H2,1H3/t13-/m1/s1. The summed E-state index contributed by atoms with van der Waals surface area (Å²) in [5.41, 5.74) is 2.85. The summed E-state index contributed by atoms with van der Waals surface area (Å²) in [6.07, 6.45) is 3.98. The first kappa shape index (κ1) is 9.72. The summed E-state index contributed by atoms with van der Waals surface area (Å²) >= 11 is 0. The lowest BCUT2D eigenvalue weighted by atomic mass is 9.92. The molecule has 0 spiro atoms. The van der Waals surface area contributed by atoms with E-state index in [0.717, 1.165) is 5.92 Å². The summed E-state index contributed by atoms with van der Waals surface area (Å²) in [6, 6.07) is 8.96. The van der Waals surface area contributed by atoms with E-state index in [1.807, 2.05) is 0 Å². The van der Waals surface area contributed by atoms with Crippen molar-refractivity contribution >= 4 is 0 Å². The van der Waals surface area contributed by atoms with Gasteiger partial charge in [-0.15, -0.1) is 0 Å². The Hall–Kier alpha value is -0.820. The summed E-state index contributed by atoms with van der Waals surface area (Å²) < 4.78 is 0. The van der Waals surface area contributed by atoms with Crippen molar-refractivity contribution in [3.63, 3.8) is 0 Å². The third-order valence-electron chi connectivity index (χ3n) is 3.04. The van der Waals surface area contributed by atoms with Gasteiger partial charge in [-0.05, 0) is 50.8 Å². The Morgan fingerprint density at radius 1 is 1.29 bits per heavy atom. The van der Waals surface area contributed by atoms with Gasteiger partial charge in [0.15, 0.2) is 0 Å². The summed E-state index contributed by atoms with van der Waals surface area (Å²) in [5, 5.41) is 3.47. The van der Waals surface area contributed by atoms with Crippen molar-refractivity contribution in [2.75, 3.05) is 13.1 Å². The van der Waals surface area contributed by atoms with Gasteiger partial charge >= 0.3 is 0 Å². The molecule has 14 heavy (non-hydrogen) atoms. The van der Waals surface area contributed by atoms with Crippen LogP contribution in [-0.4, -0.2) is 13.1 Å². The van der Waals surface area contributed by atoms with E-state index in [2.05, 4.69) is 36.5 Å². The van der Waals surface area contributed by atoms with Crippen molar-refractivity contribution in [2.45, 2.75) is 26.2 Å². The highest BCUT2D eigenvalue weighted by Crippen LogP contribution is 2.16. The van der Waals surface area contributed by atoms with Gasteiger partial charge in [0.2, 0.25) is 0 Å². The topological polar surface area (TPSA) is 12.0 Å². The molecule has 1 heterocycles. The van der Waals surface area contributed by atoms with E-state index in [0.29, 0.717) is 0 Å². The third kappa shape index (κ3) is 2.58. The fourth-order valence-electron chi connectivity index (χ4n) is 2.16. The van der Waals surface area contributed by atoms with Crippen molar-refractivity contribution in [3.8, 4) is 0 Å². The van der Waals surface area contributed by atoms with Crippen molar-refractivity contribution in [1.82, 2.24) is 5.32 Å². The van der Waals surface area contributed by atoms with Crippen molar-refractivity contribution in [2.24, 2.45) is 5.92 Å². The number of hydrogen-bond donors (Lipinski definition) is 1. The van der Waals surface area contributed by atoms with Crippen LogP contribution in [0, 0.1) is 12.8 Å². The van der Waals surface area contributed by atoms with Crippen LogP contribution in [-0.2, 0) is 6.42 Å². The predicted octanol–water partition coefficient (Wildman–Crippen LogP) is 2.54. The molecule has 0 unspecified atom stereocenters. The lowest BCUT2D eigenvalue weighted by molar-refractivity contribution is 0.376. The van der Waals surface area contributed by atoms with Gasteiger partial charge in [-0.2, -0.15) is 0 Å². The molecule has 1 heteroatoms. The molecule has 1 aromatic carbocycles. The van der Waals surface area contributed by atoms with Gasteiger partial charge in [-0.1, -0.05) is 29.8 Å². The zero-order valence-corrected chi connectivity index (χ0v) is 8.92. The first-order valence-corrected chi connectivity index (χ1v) is 5.61. The Morgan fingerprint density at radius 3 is 2.71 bits per heavy atom. The maximum atomic E-state index is 3.47. The van der Waals surface area contributed by atoms with Gasteiger partial charge in [0, 0.05) is 0 Å². The summed E-state index contributed by atoms with van der Waals surface area (Å²) in [7, 11) is 0. The predicted molar refractivity (Wildman–Crippen MR) is 60.5 cm³/mol. The van der Waals surface area contributed by atoms with Crippen LogP contribution < -0.4 is 5.32 Å². The monoisotopic (exact) mass is 189 g/mol. The van der Waals surface area contributed by atoms with Gasteiger partial charge < -0.3 is 5.32 Å². The zero-order valence-electron chi connectivity index (χ0n) is 8.92. The second-order valence-electron chi connectivity index (χ2n) is 4.40. The minimum Gasteiger partial charge on any atom is -0.316 e. The van der Waals surface area contributed by atoms with Crippen LogP contribution in [0.15, 0.2) is 24.3 Å². The molecule has 1 fully saturated rings. The molecule has 0 amide bonds. The number of benzene rings is 1. The van der Waals surface area contributed by atoms with Gasteiger partial charge in [0.25, 0.3) is 0 Å². The van der Waals surface area contributed by atoms with Gasteiger partial charge in [0.1, 0.15) is 0 Å². The molecule has 2 rings (SSSR count). The molecule has 1 aliphatic rings. The van der Waals surface area contributed by atoms with E-state index in [1.54, 1.807) is 0 Å². The molecule has 0 saturated carbocycles. The Morgan fingerprint density at radius 2 is 2.07 bits per heavy atom. The molecule has 0 bridgehead atoms. The molecule has 1 nitrogen and oxygen atoms in total. The van der Waals surface area contributed by atoms with Crippen LogP contribution in [0.2, 0.25) is 0 Å². The SMILES string of the molecule is Cc1ccc(C[C@H]2CCCNC2)cc1. The molecule has 0 radical (unpaired) electrons. The van der Waals surface area contributed by atoms with Gasteiger partial charge in [0.05, 0.1) is 0 Å². The molecule has 1 aromatic rings. The van der Waals surface area contributed by atoms with Crippen molar-refractivity contribution in [1.29, 1.82) is 0 Å². The van der Waals surface area contributed by atoms with Crippen LogP contribution >= 0.6 is 0 Å². The quantitative estimate of drug-likeness (QED) is 0.754. The molecular formula is C13H19N. The summed E-state index contributed by atoms with van der Waals surface area (Å²) in [6.45, 7) is 4.56. The number of aryl methyl sites for hydroxylation is 1. The van der Waals surface area contributed by atoms with Crippen LogP contribution in [0.4, 0.5) is 0 Å². The lowest BCUT2D eigenvalue weighted by Crippen LogP contribution is -2.30. The largest absolute Gasteiger partial charge is 0.316 e. The highest BCUT2D eigenvalue weighted by molar-refractivity contribution is 5.21. The summed E-state index contributed by atoms with van der Waals surface area (Å²) in [5.74, 6) is 0.853. The van der Waals surface area contributed by atoms with E-state index >= 15 is 0 Å². The molecule has 0 aromatic heterocycles.